The summed E-state index contributed by atoms with van der Waals surface area (Å²) in [5.74, 6) is 1.67. The van der Waals surface area contributed by atoms with Crippen LogP contribution in [0.2, 0.25) is 0 Å². The van der Waals surface area contributed by atoms with Crippen molar-refractivity contribution < 1.29 is 9.59 Å². The molecule has 2 unspecified atom stereocenters. The molecule has 4 rings (SSSR count). The first-order valence-electron chi connectivity index (χ1n) is 8.65. The Bertz CT molecular complexity index is 849. The van der Waals surface area contributed by atoms with Crippen LogP contribution in [-0.2, 0) is 16.1 Å². The molecule has 0 bridgehead atoms. The Balaban J connectivity index is 1.41. The molecule has 2 fully saturated rings. The van der Waals surface area contributed by atoms with Crippen molar-refractivity contribution in [1.29, 1.82) is 0 Å². The number of carbonyl (C=O) groups is 2. The molecule has 1 aromatic heterocycles. The van der Waals surface area contributed by atoms with E-state index in [0.29, 0.717) is 25.3 Å². The van der Waals surface area contributed by atoms with Crippen LogP contribution in [0.5, 0.6) is 0 Å². The van der Waals surface area contributed by atoms with Gasteiger partial charge in [-0.15, -0.1) is 11.8 Å². The second-order valence-electron chi connectivity index (χ2n) is 6.86. The molecule has 132 valence electrons. The third-order valence-electron chi connectivity index (χ3n) is 5.23. The number of amides is 2. The fraction of sp³-hybridized carbons (Fsp3) is 0.500. The molecule has 2 atom stereocenters. The molecule has 2 aromatic rings. The minimum atomic E-state index is -0.342. The summed E-state index contributed by atoms with van der Waals surface area (Å²) >= 11 is 1.72. The number of nitrogens with zero attached hydrogens (tertiary/aromatic N) is 3. The maximum absolute atomic E-state index is 12.6. The molecule has 2 saturated heterocycles. The second-order valence-corrected chi connectivity index (χ2v) is 8.36. The van der Waals surface area contributed by atoms with Crippen LogP contribution in [0.25, 0.3) is 11.0 Å². The van der Waals surface area contributed by atoms with Gasteiger partial charge in [-0.05, 0) is 32.4 Å². The molecule has 3 heterocycles. The van der Waals surface area contributed by atoms with Crippen LogP contribution in [0.4, 0.5) is 0 Å². The smallest absolute Gasteiger partial charge is 0.243 e. The van der Waals surface area contributed by atoms with Crippen LogP contribution in [-0.4, -0.2) is 49.5 Å². The van der Waals surface area contributed by atoms with Crippen molar-refractivity contribution in [3.8, 4) is 0 Å². The van der Waals surface area contributed by atoms with Gasteiger partial charge in [-0.1, -0.05) is 12.1 Å². The first-order chi connectivity index (χ1) is 12.0. The fourth-order valence-corrected chi connectivity index (χ4v) is 5.33. The van der Waals surface area contributed by atoms with Gasteiger partial charge in [0.25, 0.3) is 0 Å². The van der Waals surface area contributed by atoms with Gasteiger partial charge in [-0.25, -0.2) is 4.98 Å². The third-order valence-corrected chi connectivity index (χ3v) is 6.73. The Morgan fingerprint density at radius 2 is 2.24 bits per heavy atom. The molecule has 0 radical (unpaired) electrons. The number of aromatic nitrogens is 2. The minimum absolute atomic E-state index is 0.0476. The number of thioether (sulfide) groups is 1. The number of carbonyl (C=O) groups excluding carboxylic acids is 2. The lowest BCUT2D eigenvalue weighted by Crippen LogP contribution is -2.50. The van der Waals surface area contributed by atoms with Gasteiger partial charge in [0.15, 0.2) is 0 Å². The summed E-state index contributed by atoms with van der Waals surface area (Å²) in [4.78, 5) is 30.9. The van der Waals surface area contributed by atoms with E-state index in [1.54, 1.807) is 16.7 Å². The first-order valence-corrected chi connectivity index (χ1v) is 9.64. The van der Waals surface area contributed by atoms with E-state index >= 15 is 0 Å². The highest BCUT2D eigenvalue weighted by Crippen LogP contribution is 2.47. The Hall–Kier alpha value is -2.02. The van der Waals surface area contributed by atoms with E-state index in [4.69, 9.17) is 0 Å². The summed E-state index contributed by atoms with van der Waals surface area (Å²) in [5, 5.41) is 3.01. The standard InChI is InChI=1S/C18H22N4O2S/c1-12-20-13-5-3-4-6-14(13)21(12)10-9-19-17(24)15-11-25-18(2)8-7-16(23)22(15)18/h3-6,15H,7-11H2,1-2H3,(H,19,24). The van der Waals surface area contributed by atoms with Gasteiger partial charge in [-0.2, -0.15) is 0 Å². The Labute approximate surface area is 151 Å². The van der Waals surface area contributed by atoms with Crippen molar-refractivity contribution in [3.05, 3.63) is 30.1 Å². The summed E-state index contributed by atoms with van der Waals surface area (Å²) in [5.41, 5.74) is 2.05. The molecule has 0 saturated carbocycles. The fourth-order valence-electron chi connectivity index (χ4n) is 3.90. The number of fused-ring (bicyclic) bond motifs is 2. The van der Waals surface area contributed by atoms with Crippen LogP contribution in [0.15, 0.2) is 24.3 Å². The van der Waals surface area contributed by atoms with Crippen LogP contribution in [0, 0.1) is 6.92 Å². The molecule has 2 aliphatic heterocycles. The lowest BCUT2D eigenvalue weighted by molar-refractivity contribution is -0.137. The van der Waals surface area contributed by atoms with Crippen molar-refractivity contribution in [2.24, 2.45) is 0 Å². The minimum Gasteiger partial charge on any atom is -0.352 e. The Kier molecular flexibility index (Phi) is 3.98. The van der Waals surface area contributed by atoms with Gasteiger partial charge in [0.2, 0.25) is 11.8 Å². The third kappa shape index (κ3) is 2.70. The molecule has 0 aliphatic carbocycles. The SMILES string of the molecule is Cc1nc2ccccc2n1CCNC(=O)C1CSC2(C)CCC(=O)N12. The van der Waals surface area contributed by atoms with Crippen molar-refractivity contribution in [2.45, 2.75) is 44.1 Å². The predicted molar refractivity (Wildman–Crippen MR) is 98.2 cm³/mol. The van der Waals surface area contributed by atoms with Gasteiger partial charge >= 0.3 is 0 Å². The number of benzene rings is 1. The highest BCUT2D eigenvalue weighted by atomic mass is 32.2. The number of para-hydroxylation sites is 2. The van der Waals surface area contributed by atoms with E-state index < -0.39 is 0 Å². The zero-order valence-corrected chi connectivity index (χ0v) is 15.3. The maximum atomic E-state index is 12.6. The quantitative estimate of drug-likeness (QED) is 0.907. The van der Waals surface area contributed by atoms with Gasteiger partial charge < -0.3 is 14.8 Å². The Morgan fingerprint density at radius 3 is 3.08 bits per heavy atom. The van der Waals surface area contributed by atoms with Crippen molar-refractivity contribution in [3.63, 3.8) is 0 Å². The average molecular weight is 358 g/mol. The topological polar surface area (TPSA) is 67.2 Å². The summed E-state index contributed by atoms with van der Waals surface area (Å²) in [6.07, 6.45) is 1.38. The molecule has 1 N–H and O–H groups in total. The number of aryl methyl sites for hydroxylation is 1. The summed E-state index contributed by atoms with van der Waals surface area (Å²) < 4.78 is 2.12. The summed E-state index contributed by atoms with van der Waals surface area (Å²) in [7, 11) is 0. The molecule has 6 nitrogen and oxygen atoms in total. The normalized spacial score (nSPS) is 25.6. The molecule has 25 heavy (non-hydrogen) atoms. The summed E-state index contributed by atoms with van der Waals surface area (Å²) in [6.45, 7) is 5.24. The zero-order valence-electron chi connectivity index (χ0n) is 14.5. The predicted octanol–water partition coefficient (Wildman–Crippen LogP) is 1.91. The highest BCUT2D eigenvalue weighted by Gasteiger charge is 2.52. The molecular formula is C18H22N4O2S. The zero-order chi connectivity index (χ0) is 17.6. The van der Waals surface area contributed by atoms with E-state index in [2.05, 4.69) is 21.8 Å². The van der Waals surface area contributed by atoms with Gasteiger partial charge in [0.1, 0.15) is 11.9 Å². The molecule has 1 aromatic carbocycles. The molecule has 7 heteroatoms. The van der Waals surface area contributed by atoms with E-state index in [-0.39, 0.29) is 22.7 Å². The largest absolute Gasteiger partial charge is 0.352 e. The van der Waals surface area contributed by atoms with Crippen molar-refractivity contribution in [1.82, 2.24) is 19.8 Å². The van der Waals surface area contributed by atoms with E-state index in [9.17, 15) is 9.59 Å². The van der Waals surface area contributed by atoms with Crippen LogP contribution >= 0.6 is 11.8 Å². The van der Waals surface area contributed by atoms with E-state index in [0.717, 1.165) is 23.3 Å². The van der Waals surface area contributed by atoms with Gasteiger partial charge in [-0.3, -0.25) is 9.59 Å². The number of nitrogens with one attached hydrogen (secondary N) is 1. The lowest BCUT2D eigenvalue weighted by atomic mass is 10.2. The van der Waals surface area contributed by atoms with Gasteiger partial charge in [0.05, 0.1) is 15.9 Å². The number of hydrogen-bond acceptors (Lipinski definition) is 4. The van der Waals surface area contributed by atoms with Crippen LogP contribution in [0.1, 0.15) is 25.6 Å². The molecule has 2 amide bonds. The second kappa shape index (κ2) is 6.05. The maximum Gasteiger partial charge on any atom is 0.243 e. The summed E-state index contributed by atoms with van der Waals surface area (Å²) in [6, 6.07) is 7.66. The molecule has 0 spiro atoms. The lowest BCUT2D eigenvalue weighted by Gasteiger charge is -2.29. The first kappa shape index (κ1) is 16.4. The Morgan fingerprint density at radius 1 is 1.44 bits per heavy atom. The van der Waals surface area contributed by atoms with Crippen LogP contribution in [0.3, 0.4) is 0 Å². The number of imidazole rings is 1. The number of rotatable bonds is 4. The molecular weight excluding hydrogens is 336 g/mol. The van der Waals surface area contributed by atoms with Crippen molar-refractivity contribution >= 4 is 34.6 Å². The number of hydrogen-bond donors (Lipinski definition) is 1. The van der Waals surface area contributed by atoms with Crippen LogP contribution < -0.4 is 5.32 Å². The average Bonchev–Trinajstić information content (AvgIpc) is 3.19. The highest BCUT2D eigenvalue weighted by molar-refractivity contribution is 8.01. The van der Waals surface area contributed by atoms with E-state index in [1.165, 1.54) is 0 Å². The van der Waals surface area contributed by atoms with E-state index in [1.807, 2.05) is 31.2 Å². The van der Waals surface area contributed by atoms with Gasteiger partial charge in [0, 0.05) is 25.3 Å². The molecule has 2 aliphatic rings. The monoisotopic (exact) mass is 358 g/mol. The van der Waals surface area contributed by atoms with Crippen molar-refractivity contribution in [2.75, 3.05) is 12.3 Å².